The Morgan fingerprint density at radius 3 is 2.43 bits per heavy atom. The molecule has 3 aromatic rings. The molecule has 0 aliphatic rings. The van der Waals surface area contributed by atoms with Crippen molar-refractivity contribution >= 4 is 39.1 Å². The summed E-state index contributed by atoms with van der Waals surface area (Å²) >= 11 is 3.50. The van der Waals surface area contributed by atoms with E-state index in [0.717, 1.165) is 15.9 Å². The van der Waals surface area contributed by atoms with E-state index in [-0.39, 0.29) is 23.4 Å². The zero-order valence-electron chi connectivity index (χ0n) is 17.4. The fraction of sp³-hybridized carbons (Fsp3) is 0.333. The number of carbonyl (C=O) groups excluding carboxylic acids is 2. The zero-order chi connectivity index (χ0) is 21.8. The van der Waals surface area contributed by atoms with Crippen LogP contribution in [0.15, 0.2) is 41.0 Å². The van der Waals surface area contributed by atoms with Crippen LogP contribution in [-0.4, -0.2) is 31.4 Å². The third-order valence-corrected chi connectivity index (χ3v) is 5.93. The third-order valence-electron chi connectivity index (χ3n) is 4.78. The monoisotopic (exact) mass is 472 g/mol. The van der Waals surface area contributed by atoms with Crippen molar-refractivity contribution in [3.63, 3.8) is 0 Å². The number of anilines is 2. The van der Waals surface area contributed by atoms with Gasteiger partial charge in [0, 0.05) is 24.1 Å². The Hall–Kier alpha value is -2.94. The smallest absolute Gasteiger partial charge is 0.278 e. The highest BCUT2D eigenvalue weighted by atomic mass is 79.9. The van der Waals surface area contributed by atoms with Gasteiger partial charge in [0.1, 0.15) is 0 Å². The van der Waals surface area contributed by atoms with Crippen LogP contribution in [0.1, 0.15) is 35.7 Å². The second-order valence-corrected chi connectivity index (χ2v) is 7.92. The largest absolute Gasteiger partial charge is 0.322 e. The molecule has 2 amide bonds. The Labute approximate surface area is 183 Å². The highest BCUT2D eigenvalue weighted by molar-refractivity contribution is 9.10. The standard InChI is InChI=1S/C21H25BrN6O2/c1-5-27-12-17(19(26-27)21(30)23-16-9-7-6-8-10-16)24-20(29)13(2)11-28-15(4)18(22)14(3)25-28/h6-10,12-13H,5,11H2,1-4H3,(H,23,30)(H,24,29). The summed E-state index contributed by atoms with van der Waals surface area (Å²) in [5.41, 5.74) is 3.07. The number of benzene rings is 1. The first-order valence-corrected chi connectivity index (χ1v) is 10.5. The first kappa shape index (κ1) is 21.8. The summed E-state index contributed by atoms with van der Waals surface area (Å²) in [5.74, 6) is -0.938. The molecule has 2 aromatic heterocycles. The van der Waals surface area contributed by atoms with E-state index >= 15 is 0 Å². The molecule has 8 nitrogen and oxygen atoms in total. The van der Waals surface area contributed by atoms with Gasteiger partial charge < -0.3 is 10.6 Å². The van der Waals surface area contributed by atoms with E-state index in [2.05, 4.69) is 36.8 Å². The van der Waals surface area contributed by atoms with Crippen LogP contribution in [0.5, 0.6) is 0 Å². The molecule has 0 fully saturated rings. The SMILES string of the molecule is CCn1cc(NC(=O)C(C)Cn2nc(C)c(Br)c2C)c(C(=O)Nc2ccccc2)n1. The van der Waals surface area contributed by atoms with Crippen molar-refractivity contribution in [1.29, 1.82) is 0 Å². The van der Waals surface area contributed by atoms with Crippen LogP contribution in [0.3, 0.4) is 0 Å². The normalized spacial score (nSPS) is 11.9. The van der Waals surface area contributed by atoms with Crippen LogP contribution in [0.2, 0.25) is 0 Å². The van der Waals surface area contributed by atoms with Crippen molar-refractivity contribution < 1.29 is 9.59 Å². The van der Waals surface area contributed by atoms with Gasteiger partial charge in [-0.3, -0.25) is 19.0 Å². The molecule has 0 spiro atoms. The van der Waals surface area contributed by atoms with Gasteiger partial charge >= 0.3 is 0 Å². The first-order valence-electron chi connectivity index (χ1n) is 9.74. The number of carbonyl (C=O) groups is 2. The number of aryl methyl sites for hydroxylation is 2. The number of aromatic nitrogens is 4. The Morgan fingerprint density at radius 1 is 1.13 bits per heavy atom. The van der Waals surface area contributed by atoms with Gasteiger partial charge in [-0.05, 0) is 48.8 Å². The molecule has 0 saturated heterocycles. The Morgan fingerprint density at radius 2 is 1.83 bits per heavy atom. The lowest BCUT2D eigenvalue weighted by Gasteiger charge is -2.13. The molecule has 0 aliphatic heterocycles. The van der Waals surface area contributed by atoms with Crippen LogP contribution in [0, 0.1) is 19.8 Å². The number of halogens is 1. The van der Waals surface area contributed by atoms with Crippen molar-refractivity contribution in [1.82, 2.24) is 19.6 Å². The number of para-hydroxylation sites is 1. The minimum Gasteiger partial charge on any atom is -0.322 e. The minimum atomic E-state index is -0.376. The molecule has 2 N–H and O–H groups in total. The molecule has 158 valence electrons. The number of nitrogens with one attached hydrogen (secondary N) is 2. The van der Waals surface area contributed by atoms with Gasteiger partial charge in [0.05, 0.1) is 28.3 Å². The average molecular weight is 473 g/mol. The summed E-state index contributed by atoms with van der Waals surface area (Å²) < 4.78 is 4.37. The van der Waals surface area contributed by atoms with E-state index in [4.69, 9.17) is 0 Å². The molecular weight excluding hydrogens is 448 g/mol. The molecule has 0 bridgehead atoms. The fourth-order valence-electron chi connectivity index (χ4n) is 3.01. The maximum atomic E-state index is 12.8. The van der Waals surface area contributed by atoms with E-state index in [1.807, 2.05) is 50.6 Å². The van der Waals surface area contributed by atoms with Gasteiger partial charge in [0.15, 0.2) is 5.69 Å². The predicted molar refractivity (Wildman–Crippen MR) is 119 cm³/mol. The van der Waals surface area contributed by atoms with E-state index in [0.29, 0.717) is 24.5 Å². The van der Waals surface area contributed by atoms with Gasteiger partial charge in [-0.1, -0.05) is 25.1 Å². The lowest BCUT2D eigenvalue weighted by atomic mass is 10.1. The Bertz CT molecular complexity index is 1060. The highest BCUT2D eigenvalue weighted by Crippen LogP contribution is 2.22. The molecule has 1 atom stereocenters. The quantitative estimate of drug-likeness (QED) is 0.543. The molecule has 1 unspecified atom stereocenters. The van der Waals surface area contributed by atoms with E-state index in [1.165, 1.54) is 0 Å². The van der Waals surface area contributed by atoms with Gasteiger partial charge in [0.2, 0.25) is 5.91 Å². The maximum absolute atomic E-state index is 12.8. The van der Waals surface area contributed by atoms with Crippen molar-refractivity contribution in [2.45, 2.75) is 40.8 Å². The number of amides is 2. The van der Waals surface area contributed by atoms with E-state index in [9.17, 15) is 9.59 Å². The van der Waals surface area contributed by atoms with Gasteiger partial charge in [-0.15, -0.1) is 0 Å². The summed E-state index contributed by atoms with van der Waals surface area (Å²) in [4.78, 5) is 25.6. The summed E-state index contributed by atoms with van der Waals surface area (Å²) in [5, 5.41) is 14.4. The van der Waals surface area contributed by atoms with Crippen LogP contribution >= 0.6 is 15.9 Å². The second kappa shape index (κ2) is 9.25. The number of nitrogens with zero attached hydrogens (tertiary/aromatic N) is 4. The van der Waals surface area contributed by atoms with Crippen LogP contribution < -0.4 is 10.6 Å². The van der Waals surface area contributed by atoms with Crippen molar-refractivity contribution in [2.24, 2.45) is 5.92 Å². The third kappa shape index (κ3) is 4.79. The lowest BCUT2D eigenvalue weighted by molar-refractivity contribution is -0.119. The van der Waals surface area contributed by atoms with Gasteiger partial charge in [-0.25, -0.2) is 0 Å². The van der Waals surface area contributed by atoms with Gasteiger partial charge in [-0.2, -0.15) is 10.2 Å². The summed E-state index contributed by atoms with van der Waals surface area (Å²) in [7, 11) is 0. The predicted octanol–water partition coefficient (Wildman–Crippen LogP) is 4.01. The van der Waals surface area contributed by atoms with E-state index in [1.54, 1.807) is 23.0 Å². The number of rotatable bonds is 7. The second-order valence-electron chi connectivity index (χ2n) is 7.12. The Kier molecular flexibility index (Phi) is 6.71. The maximum Gasteiger partial charge on any atom is 0.278 e. The van der Waals surface area contributed by atoms with Crippen molar-refractivity contribution in [3.8, 4) is 0 Å². The van der Waals surface area contributed by atoms with Crippen LogP contribution in [0.25, 0.3) is 0 Å². The average Bonchev–Trinajstić information content (AvgIpc) is 3.25. The Balaban J connectivity index is 1.74. The number of hydrogen-bond acceptors (Lipinski definition) is 4. The molecule has 0 aliphatic carbocycles. The van der Waals surface area contributed by atoms with E-state index < -0.39 is 0 Å². The zero-order valence-corrected chi connectivity index (χ0v) is 19.0. The van der Waals surface area contributed by atoms with Gasteiger partial charge in [0.25, 0.3) is 5.91 Å². The molecule has 9 heteroatoms. The number of hydrogen-bond donors (Lipinski definition) is 2. The lowest BCUT2D eigenvalue weighted by Crippen LogP contribution is -2.26. The molecule has 30 heavy (non-hydrogen) atoms. The molecule has 2 heterocycles. The highest BCUT2D eigenvalue weighted by Gasteiger charge is 2.22. The molecule has 3 rings (SSSR count). The fourth-order valence-corrected chi connectivity index (χ4v) is 3.29. The van der Waals surface area contributed by atoms with Crippen LogP contribution in [-0.2, 0) is 17.9 Å². The molecular formula is C21H25BrN6O2. The topological polar surface area (TPSA) is 93.8 Å². The molecule has 0 saturated carbocycles. The molecule has 1 aromatic carbocycles. The van der Waals surface area contributed by atoms with Crippen LogP contribution in [0.4, 0.5) is 11.4 Å². The summed E-state index contributed by atoms with van der Waals surface area (Å²) in [6, 6.07) is 9.13. The van der Waals surface area contributed by atoms with Crippen molar-refractivity contribution in [2.75, 3.05) is 10.6 Å². The summed E-state index contributed by atoms with van der Waals surface area (Å²) in [6.07, 6.45) is 1.67. The molecule has 0 radical (unpaired) electrons. The summed E-state index contributed by atoms with van der Waals surface area (Å²) in [6.45, 7) is 8.62. The minimum absolute atomic E-state index is 0.176. The first-order chi connectivity index (χ1) is 14.3. The van der Waals surface area contributed by atoms with Crippen molar-refractivity contribution in [3.05, 3.63) is 58.1 Å².